The molecule has 0 aromatic carbocycles. The lowest BCUT2D eigenvalue weighted by atomic mass is 9.86. The first-order chi connectivity index (χ1) is 7.25. The average Bonchev–Trinajstić information content (AvgIpc) is 2.71. The highest BCUT2D eigenvalue weighted by Crippen LogP contribution is 2.31. The van der Waals surface area contributed by atoms with Gasteiger partial charge in [0.1, 0.15) is 0 Å². The molecule has 1 aromatic heterocycles. The van der Waals surface area contributed by atoms with Crippen molar-refractivity contribution in [2.75, 3.05) is 0 Å². The van der Waals surface area contributed by atoms with Crippen molar-refractivity contribution < 1.29 is 9.32 Å². The van der Waals surface area contributed by atoms with E-state index in [4.69, 9.17) is 4.52 Å². The van der Waals surface area contributed by atoms with E-state index in [2.05, 4.69) is 15.5 Å². The Morgan fingerprint density at radius 2 is 2.20 bits per heavy atom. The van der Waals surface area contributed by atoms with Crippen LogP contribution in [0.1, 0.15) is 44.4 Å². The second kappa shape index (κ2) is 4.42. The van der Waals surface area contributed by atoms with Gasteiger partial charge in [-0.1, -0.05) is 5.16 Å². The minimum absolute atomic E-state index is 0.0521. The van der Waals surface area contributed by atoms with Gasteiger partial charge in [-0.2, -0.15) is 4.98 Å². The van der Waals surface area contributed by atoms with Crippen LogP contribution in [0, 0.1) is 0 Å². The minimum Gasteiger partial charge on any atom is -0.354 e. The van der Waals surface area contributed by atoms with Crippen molar-refractivity contribution in [2.24, 2.45) is 0 Å². The van der Waals surface area contributed by atoms with Crippen LogP contribution in [0.15, 0.2) is 10.9 Å². The highest BCUT2D eigenvalue weighted by atomic mass is 16.5. The lowest BCUT2D eigenvalue weighted by molar-refractivity contribution is -0.119. The van der Waals surface area contributed by atoms with Crippen molar-refractivity contribution in [2.45, 2.75) is 44.6 Å². The number of hydrogen-bond acceptors (Lipinski definition) is 4. The van der Waals surface area contributed by atoms with Crippen LogP contribution in [0.25, 0.3) is 0 Å². The van der Waals surface area contributed by atoms with E-state index in [9.17, 15) is 4.79 Å². The van der Waals surface area contributed by atoms with E-state index in [1.807, 2.05) is 0 Å². The lowest BCUT2D eigenvalue weighted by Gasteiger charge is -2.26. The zero-order valence-electron chi connectivity index (χ0n) is 8.77. The predicted molar refractivity (Wildman–Crippen MR) is 53.1 cm³/mol. The molecule has 1 fully saturated rings. The van der Waals surface area contributed by atoms with E-state index in [0.29, 0.717) is 12.0 Å². The number of carbonyl (C=O) groups is 1. The summed E-state index contributed by atoms with van der Waals surface area (Å²) in [5, 5.41) is 6.55. The maximum atomic E-state index is 10.9. The molecule has 1 heterocycles. The molecular formula is C10H15N3O2. The monoisotopic (exact) mass is 209 g/mol. The van der Waals surface area contributed by atoms with Crippen LogP contribution in [0.4, 0.5) is 0 Å². The molecule has 1 N–H and O–H groups in total. The Hall–Kier alpha value is -1.39. The maximum absolute atomic E-state index is 10.9. The van der Waals surface area contributed by atoms with Gasteiger partial charge in [0.25, 0.3) is 0 Å². The molecular weight excluding hydrogens is 194 g/mol. The van der Waals surface area contributed by atoms with Gasteiger partial charge in [-0.15, -0.1) is 0 Å². The molecule has 0 bridgehead atoms. The van der Waals surface area contributed by atoms with E-state index in [1.165, 1.54) is 6.33 Å². The predicted octanol–water partition coefficient (Wildman–Crippen LogP) is 1.23. The third-order valence-electron chi connectivity index (χ3n) is 2.86. The van der Waals surface area contributed by atoms with Gasteiger partial charge >= 0.3 is 0 Å². The van der Waals surface area contributed by atoms with E-state index < -0.39 is 0 Å². The molecule has 1 aliphatic carbocycles. The van der Waals surface area contributed by atoms with Crippen LogP contribution < -0.4 is 5.32 Å². The molecule has 1 aromatic rings. The largest absolute Gasteiger partial charge is 0.354 e. The number of rotatable bonds is 2. The summed E-state index contributed by atoms with van der Waals surface area (Å²) in [5.41, 5.74) is 0. The van der Waals surface area contributed by atoms with Crippen molar-refractivity contribution in [3.8, 4) is 0 Å². The van der Waals surface area contributed by atoms with Crippen molar-refractivity contribution in [1.29, 1.82) is 0 Å². The second-order valence-electron chi connectivity index (χ2n) is 4.03. The van der Waals surface area contributed by atoms with E-state index in [1.54, 1.807) is 6.92 Å². The summed E-state index contributed by atoms with van der Waals surface area (Å²) in [6.45, 7) is 1.56. The topological polar surface area (TPSA) is 68.0 Å². The van der Waals surface area contributed by atoms with Gasteiger partial charge < -0.3 is 9.84 Å². The molecule has 0 atom stereocenters. The molecule has 1 aliphatic rings. The molecule has 1 saturated carbocycles. The maximum Gasteiger partial charge on any atom is 0.229 e. The Labute approximate surface area is 88.2 Å². The molecule has 0 spiro atoms. The zero-order valence-corrected chi connectivity index (χ0v) is 8.77. The Bertz CT molecular complexity index is 315. The fraction of sp³-hybridized carbons (Fsp3) is 0.700. The molecule has 5 nitrogen and oxygen atoms in total. The van der Waals surface area contributed by atoms with Crippen LogP contribution in [-0.2, 0) is 4.79 Å². The smallest absolute Gasteiger partial charge is 0.229 e. The van der Waals surface area contributed by atoms with Crippen LogP contribution in [-0.4, -0.2) is 22.1 Å². The van der Waals surface area contributed by atoms with Crippen molar-refractivity contribution in [1.82, 2.24) is 15.5 Å². The normalized spacial score (nSPS) is 26.2. The van der Waals surface area contributed by atoms with Gasteiger partial charge in [-0.25, -0.2) is 0 Å². The Morgan fingerprint density at radius 3 is 2.73 bits per heavy atom. The molecule has 82 valence electrons. The van der Waals surface area contributed by atoms with Crippen LogP contribution in [0.3, 0.4) is 0 Å². The summed E-state index contributed by atoms with van der Waals surface area (Å²) in [6.07, 6.45) is 5.44. The zero-order chi connectivity index (χ0) is 10.7. The third-order valence-corrected chi connectivity index (χ3v) is 2.86. The summed E-state index contributed by atoms with van der Waals surface area (Å²) in [4.78, 5) is 14.9. The molecule has 1 amide bonds. The Morgan fingerprint density at radius 1 is 1.47 bits per heavy atom. The third kappa shape index (κ3) is 2.55. The molecule has 5 heteroatoms. The molecule has 0 unspecified atom stereocenters. The summed E-state index contributed by atoms with van der Waals surface area (Å²) >= 11 is 0. The number of amides is 1. The number of aromatic nitrogens is 2. The van der Waals surface area contributed by atoms with E-state index in [-0.39, 0.29) is 5.91 Å². The van der Waals surface area contributed by atoms with Crippen LogP contribution >= 0.6 is 0 Å². The first kappa shape index (κ1) is 10.1. The highest BCUT2D eigenvalue weighted by Gasteiger charge is 2.25. The molecule has 0 radical (unpaired) electrons. The fourth-order valence-electron chi connectivity index (χ4n) is 2.13. The summed E-state index contributed by atoms with van der Waals surface area (Å²) in [5.74, 6) is 1.16. The number of hydrogen-bond donors (Lipinski definition) is 1. The van der Waals surface area contributed by atoms with Crippen molar-refractivity contribution >= 4 is 5.91 Å². The lowest BCUT2D eigenvalue weighted by Crippen LogP contribution is -2.35. The van der Waals surface area contributed by atoms with Gasteiger partial charge in [-0.05, 0) is 25.7 Å². The molecule has 15 heavy (non-hydrogen) atoms. The summed E-state index contributed by atoms with van der Waals surface area (Å²) in [6, 6.07) is 0.321. The summed E-state index contributed by atoms with van der Waals surface area (Å²) < 4.78 is 5.04. The molecule has 0 saturated heterocycles. The number of nitrogens with zero attached hydrogens (tertiary/aromatic N) is 2. The SMILES string of the molecule is CC(=O)NC1CCC(c2ncno2)CC1. The quantitative estimate of drug-likeness (QED) is 0.795. The number of nitrogens with one attached hydrogen (secondary N) is 1. The van der Waals surface area contributed by atoms with Gasteiger partial charge in [0.15, 0.2) is 6.33 Å². The first-order valence-electron chi connectivity index (χ1n) is 5.29. The van der Waals surface area contributed by atoms with Gasteiger partial charge in [0.2, 0.25) is 11.8 Å². The van der Waals surface area contributed by atoms with Gasteiger partial charge in [0, 0.05) is 18.9 Å². The highest BCUT2D eigenvalue weighted by molar-refractivity contribution is 5.73. The fourth-order valence-corrected chi connectivity index (χ4v) is 2.13. The van der Waals surface area contributed by atoms with Crippen LogP contribution in [0.2, 0.25) is 0 Å². The van der Waals surface area contributed by atoms with Crippen molar-refractivity contribution in [3.63, 3.8) is 0 Å². The first-order valence-corrected chi connectivity index (χ1v) is 5.29. The number of carbonyl (C=O) groups excluding carboxylic acids is 1. The Kier molecular flexibility index (Phi) is 2.99. The van der Waals surface area contributed by atoms with Crippen molar-refractivity contribution in [3.05, 3.63) is 12.2 Å². The molecule has 0 aliphatic heterocycles. The van der Waals surface area contributed by atoms with E-state index in [0.717, 1.165) is 31.6 Å². The van der Waals surface area contributed by atoms with E-state index >= 15 is 0 Å². The average molecular weight is 209 g/mol. The van der Waals surface area contributed by atoms with Gasteiger partial charge in [-0.3, -0.25) is 4.79 Å². The minimum atomic E-state index is 0.0521. The second-order valence-corrected chi connectivity index (χ2v) is 4.03. The Balaban J connectivity index is 1.84. The standard InChI is InChI=1S/C10H15N3O2/c1-7(14)13-9-4-2-8(3-5-9)10-11-6-12-15-10/h6,8-9H,2-5H2,1H3,(H,13,14). The van der Waals surface area contributed by atoms with Crippen LogP contribution in [0.5, 0.6) is 0 Å². The van der Waals surface area contributed by atoms with Gasteiger partial charge in [0.05, 0.1) is 0 Å². The molecule has 2 rings (SSSR count). The summed E-state index contributed by atoms with van der Waals surface area (Å²) in [7, 11) is 0.